The number of phenols is 1. The number of carbonyl (C=O) groups excluding carboxylic acids is 1. The molecule has 1 amide bonds. The van der Waals surface area contributed by atoms with E-state index in [4.69, 9.17) is 5.73 Å². The third-order valence-electron chi connectivity index (χ3n) is 2.99. The summed E-state index contributed by atoms with van der Waals surface area (Å²) in [6.45, 7) is 0. The number of nitrogens with two attached hydrogens (primary N) is 1. The van der Waals surface area contributed by atoms with Gasteiger partial charge in [-0.2, -0.15) is 0 Å². The number of amides is 1. The van der Waals surface area contributed by atoms with Crippen LogP contribution in [0.4, 0.5) is 5.69 Å². The van der Waals surface area contributed by atoms with Crippen LogP contribution < -0.4 is 11.1 Å². The molecule has 0 aliphatic heterocycles. The Kier molecular flexibility index (Phi) is 2.83. The van der Waals surface area contributed by atoms with Crippen molar-refractivity contribution in [3.63, 3.8) is 0 Å². The number of hydrogen-bond donors (Lipinski definition) is 3. The van der Waals surface area contributed by atoms with Gasteiger partial charge in [-0.15, -0.1) is 0 Å². The Morgan fingerprint density at radius 3 is 2.81 bits per heavy atom. The summed E-state index contributed by atoms with van der Waals surface area (Å²) in [6, 6.07) is 6.50. The van der Waals surface area contributed by atoms with E-state index in [0.29, 0.717) is 12.1 Å². The van der Waals surface area contributed by atoms with Gasteiger partial charge in [0.1, 0.15) is 5.75 Å². The summed E-state index contributed by atoms with van der Waals surface area (Å²) in [5, 5.41) is 12.0. The van der Waals surface area contributed by atoms with Gasteiger partial charge in [0.05, 0.1) is 0 Å². The van der Waals surface area contributed by atoms with Crippen LogP contribution in [0.25, 0.3) is 0 Å². The van der Waals surface area contributed by atoms with Crippen LogP contribution in [0.1, 0.15) is 25.7 Å². The van der Waals surface area contributed by atoms with Gasteiger partial charge < -0.3 is 16.2 Å². The summed E-state index contributed by atoms with van der Waals surface area (Å²) < 4.78 is 0. The molecule has 0 bridgehead atoms. The minimum absolute atomic E-state index is 0.0900. The van der Waals surface area contributed by atoms with Gasteiger partial charge in [-0.3, -0.25) is 4.79 Å². The van der Waals surface area contributed by atoms with E-state index in [1.807, 2.05) is 0 Å². The quantitative estimate of drug-likeness (QED) is 0.724. The highest BCUT2D eigenvalue weighted by molar-refractivity contribution is 5.91. The molecule has 4 heteroatoms. The average molecular weight is 220 g/mol. The standard InChI is InChI=1S/C12H16N2O2/c13-12(5-2-6-12)8-11(16)14-9-3-1-4-10(15)7-9/h1,3-4,7,15H,2,5-6,8,13H2,(H,14,16). The van der Waals surface area contributed by atoms with Gasteiger partial charge in [0.2, 0.25) is 5.91 Å². The zero-order valence-corrected chi connectivity index (χ0v) is 9.07. The fourth-order valence-corrected chi connectivity index (χ4v) is 1.92. The minimum atomic E-state index is -0.305. The monoisotopic (exact) mass is 220 g/mol. The van der Waals surface area contributed by atoms with Gasteiger partial charge in [-0.25, -0.2) is 0 Å². The highest BCUT2D eigenvalue weighted by Crippen LogP contribution is 2.32. The van der Waals surface area contributed by atoms with Crippen LogP contribution >= 0.6 is 0 Å². The van der Waals surface area contributed by atoms with E-state index < -0.39 is 0 Å². The number of carbonyl (C=O) groups is 1. The van der Waals surface area contributed by atoms with E-state index >= 15 is 0 Å². The van der Waals surface area contributed by atoms with Crippen molar-refractivity contribution < 1.29 is 9.90 Å². The van der Waals surface area contributed by atoms with Gasteiger partial charge >= 0.3 is 0 Å². The second-order valence-corrected chi connectivity index (χ2v) is 4.49. The number of hydrogen-bond acceptors (Lipinski definition) is 3. The van der Waals surface area contributed by atoms with Gasteiger partial charge in [0.25, 0.3) is 0 Å². The third-order valence-corrected chi connectivity index (χ3v) is 2.99. The van der Waals surface area contributed by atoms with Crippen LogP contribution in [-0.4, -0.2) is 16.6 Å². The molecule has 2 rings (SSSR count). The molecule has 16 heavy (non-hydrogen) atoms. The zero-order chi connectivity index (χ0) is 11.6. The van der Waals surface area contributed by atoms with E-state index in [1.165, 1.54) is 6.07 Å². The molecule has 0 aromatic heterocycles. The lowest BCUT2D eigenvalue weighted by Crippen LogP contribution is -2.48. The predicted octanol–water partition coefficient (Wildman–Crippen LogP) is 1.60. The van der Waals surface area contributed by atoms with Crippen molar-refractivity contribution in [1.29, 1.82) is 0 Å². The first-order valence-electron chi connectivity index (χ1n) is 5.45. The predicted molar refractivity (Wildman–Crippen MR) is 62.1 cm³/mol. The van der Waals surface area contributed by atoms with Gasteiger partial charge in [0.15, 0.2) is 0 Å². The van der Waals surface area contributed by atoms with Crippen molar-refractivity contribution in [3.05, 3.63) is 24.3 Å². The zero-order valence-electron chi connectivity index (χ0n) is 9.07. The van der Waals surface area contributed by atoms with Crippen LogP contribution in [0, 0.1) is 0 Å². The fourth-order valence-electron chi connectivity index (χ4n) is 1.92. The highest BCUT2D eigenvalue weighted by atomic mass is 16.3. The lowest BCUT2D eigenvalue weighted by molar-refractivity contribution is -0.118. The maximum absolute atomic E-state index is 11.7. The van der Waals surface area contributed by atoms with Crippen molar-refractivity contribution in [1.82, 2.24) is 0 Å². The van der Waals surface area contributed by atoms with Crippen molar-refractivity contribution in [3.8, 4) is 5.75 Å². The fraction of sp³-hybridized carbons (Fsp3) is 0.417. The Morgan fingerprint density at radius 2 is 2.25 bits per heavy atom. The van der Waals surface area contributed by atoms with Crippen LogP contribution in [0.3, 0.4) is 0 Å². The molecule has 0 heterocycles. The number of rotatable bonds is 3. The van der Waals surface area contributed by atoms with E-state index in [-0.39, 0.29) is 17.2 Å². The first-order chi connectivity index (χ1) is 7.57. The van der Waals surface area contributed by atoms with Gasteiger partial charge in [0, 0.05) is 23.7 Å². The van der Waals surface area contributed by atoms with Gasteiger partial charge in [-0.1, -0.05) is 6.07 Å². The molecule has 1 fully saturated rings. The summed E-state index contributed by atoms with van der Waals surface area (Å²) >= 11 is 0. The molecule has 1 saturated carbocycles. The van der Waals surface area contributed by atoms with Crippen LogP contribution in [0.2, 0.25) is 0 Å². The van der Waals surface area contributed by atoms with Crippen molar-refractivity contribution in [2.75, 3.05) is 5.32 Å². The Hall–Kier alpha value is -1.55. The molecule has 4 nitrogen and oxygen atoms in total. The molecule has 0 radical (unpaired) electrons. The van der Waals surface area contributed by atoms with Crippen molar-refractivity contribution in [2.45, 2.75) is 31.2 Å². The average Bonchev–Trinajstić information content (AvgIpc) is 2.15. The smallest absolute Gasteiger partial charge is 0.226 e. The molecule has 0 spiro atoms. The van der Waals surface area contributed by atoms with Crippen LogP contribution in [0.5, 0.6) is 5.75 Å². The maximum atomic E-state index is 11.7. The number of anilines is 1. The van der Waals surface area contributed by atoms with E-state index in [0.717, 1.165) is 19.3 Å². The maximum Gasteiger partial charge on any atom is 0.226 e. The first-order valence-corrected chi connectivity index (χ1v) is 5.45. The third kappa shape index (κ3) is 2.52. The van der Waals surface area contributed by atoms with Crippen molar-refractivity contribution in [2.24, 2.45) is 5.73 Å². The Morgan fingerprint density at radius 1 is 1.50 bits per heavy atom. The number of benzene rings is 1. The lowest BCUT2D eigenvalue weighted by Gasteiger charge is -2.37. The summed E-state index contributed by atoms with van der Waals surface area (Å²) in [5.74, 6) is 0.0525. The Balaban J connectivity index is 1.92. The highest BCUT2D eigenvalue weighted by Gasteiger charge is 2.34. The summed E-state index contributed by atoms with van der Waals surface area (Å²) in [4.78, 5) is 11.7. The van der Waals surface area contributed by atoms with Crippen LogP contribution in [-0.2, 0) is 4.79 Å². The molecule has 1 aromatic carbocycles. The lowest BCUT2D eigenvalue weighted by atomic mass is 9.75. The first kappa shape index (κ1) is 11.0. The van der Waals surface area contributed by atoms with Crippen LogP contribution in [0.15, 0.2) is 24.3 Å². The normalized spacial score (nSPS) is 17.6. The second kappa shape index (κ2) is 4.14. The minimum Gasteiger partial charge on any atom is -0.508 e. The Labute approximate surface area is 94.5 Å². The molecule has 0 saturated heterocycles. The summed E-state index contributed by atoms with van der Waals surface area (Å²) in [5.41, 5.74) is 6.28. The number of phenolic OH excluding ortho intramolecular Hbond substituents is 1. The molecule has 1 aliphatic carbocycles. The molecule has 4 N–H and O–H groups in total. The summed E-state index contributed by atoms with van der Waals surface area (Å²) in [6.07, 6.45) is 3.29. The number of nitrogens with one attached hydrogen (secondary N) is 1. The van der Waals surface area contributed by atoms with E-state index in [1.54, 1.807) is 18.2 Å². The molecule has 0 unspecified atom stereocenters. The molecular weight excluding hydrogens is 204 g/mol. The van der Waals surface area contributed by atoms with Crippen molar-refractivity contribution >= 4 is 11.6 Å². The largest absolute Gasteiger partial charge is 0.508 e. The molecule has 0 atom stereocenters. The SMILES string of the molecule is NC1(CC(=O)Nc2cccc(O)c2)CCC1. The number of aromatic hydroxyl groups is 1. The molecule has 1 aromatic rings. The Bertz CT molecular complexity index is 400. The van der Waals surface area contributed by atoms with E-state index in [2.05, 4.69) is 5.32 Å². The summed E-state index contributed by atoms with van der Waals surface area (Å²) in [7, 11) is 0. The van der Waals surface area contributed by atoms with Gasteiger partial charge in [-0.05, 0) is 31.4 Å². The van der Waals surface area contributed by atoms with E-state index in [9.17, 15) is 9.90 Å². The molecular formula is C12H16N2O2. The molecule has 86 valence electrons. The topological polar surface area (TPSA) is 75.4 Å². The second-order valence-electron chi connectivity index (χ2n) is 4.49. The molecule has 1 aliphatic rings.